The molecule has 0 aliphatic rings. The third kappa shape index (κ3) is 8.75. The number of aliphatic carboxylic acids is 1. The van der Waals surface area contributed by atoms with Gasteiger partial charge in [-0.3, -0.25) is 24.0 Å². The average Bonchev–Trinajstić information content (AvgIpc) is 3.52. The molecule has 11 nitrogen and oxygen atoms in total. The van der Waals surface area contributed by atoms with Crippen molar-refractivity contribution in [2.45, 2.75) is 18.4 Å². The normalized spacial score (nSPS) is 11.1. The van der Waals surface area contributed by atoms with E-state index in [0.717, 1.165) is 0 Å². The number of aromatic nitrogens is 2. The zero-order chi connectivity index (χ0) is 29.8. The number of aromatic amines is 1. The highest BCUT2D eigenvalue weighted by atomic mass is 32.2. The molecule has 1 heterocycles. The quantitative estimate of drug-likeness (QED) is 0.163. The molecule has 4 rings (SSSR count). The van der Waals surface area contributed by atoms with E-state index in [-0.39, 0.29) is 17.8 Å². The first-order valence-electron chi connectivity index (χ1n) is 12.3. The lowest BCUT2D eigenvalue weighted by molar-refractivity contribution is -0.384. The van der Waals surface area contributed by atoms with Crippen molar-refractivity contribution in [3.05, 3.63) is 107 Å². The summed E-state index contributed by atoms with van der Waals surface area (Å²) < 4.78 is 15.3. The fourth-order valence-corrected chi connectivity index (χ4v) is 4.76. The number of imidazole rings is 1. The van der Waals surface area contributed by atoms with Crippen LogP contribution in [0.5, 0.6) is 0 Å². The Kier molecular flexibility index (Phi) is 11.6. The largest absolute Gasteiger partial charge is 0.480 e. The molecular weight excluding hydrogens is 566 g/mol. The highest BCUT2D eigenvalue weighted by molar-refractivity contribution is 7.98. The molecule has 214 valence electrons. The van der Waals surface area contributed by atoms with Gasteiger partial charge in [-0.25, -0.2) is 9.19 Å². The minimum absolute atomic E-state index is 0.121. The number of H-pyrrole nitrogens is 1. The van der Waals surface area contributed by atoms with Gasteiger partial charge in [-0.2, -0.15) is 11.8 Å². The van der Waals surface area contributed by atoms with Crippen LogP contribution in [0.1, 0.15) is 23.0 Å². The SMILES string of the molecule is CCSC.O=C(O)CNC(=O)c1ccc(N(Cc2cnc[nH]2)S(=O)c2ccc([N+](=O)[O-])cc2)cc1-c1ccccc1. The monoisotopic (exact) mass is 595 g/mol. The van der Waals surface area contributed by atoms with Gasteiger partial charge in [0.05, 0.1) is 34.1 Å². The maximum absolute atomic E-state index is 13.7. The molecule has 0 radical (unpaired) electrons. The standard InChI is InChI=1S/C25H21N5O6S.C3H8S/c31-24(32)14-27-25(33)22-11-8-20(12-23(22)17-4-2-1-3-5-17)29(15-18-13-26-16-28-18)37(36)21-9-6-19(7-10-21)30(34)35;1-3-4-2/h1-13,16H,14-15H2,(H,26,28)(H,27,33)(H,31,32);3H2,1-2H3. The third-order valence-electron chi connectivity index (χ3n) is 5.63. The molecule has 4 aromatic rings. The molecule has 0 fully saturated rings. The van der Waals surface area contributed by atoms with E-state index in [1.165, 1.54) is 36.3 Å². The zero-order valence-corrected chi connectivity index (χ0v) is 24.0. The summed E-state index contributed by atoms with van der Waals surface area (Å²) in [6.07, 6.45) is 5.18. The third-order valence-corrected chi connectivity index (χ3v) is 7.62. The van der Waals surface area contributed by atoms with E-state index in [4.69, 9.17) is 5.11 Å². The van der Waals surface area contributed by atoms with Crippen molar-refractivity contribution < 1.29 is 23.8 Å². The van der Waals surface area contributed by atoms with Crippen LogP contribution in [0.4, 0.5) is 11.4 Å². The lowest BCUT2D eigenvalue weighted by Gasteiger charge is -2.24. The molecule has 13 heteroatoms. The fraction of sp³-hybridized carbons (Fsp3) is 0.179. The van der Waals surface area contributed by atoms with Crippen molar-refractivity contribution >= 4 is 46.0 Å². The highest BCUT2D eigenvalue weighted by Gasteiger charge is 2.22. The van der Waals surface area contributed by atoms with Gasteiger partial charge in [0, 0.05) is 23.9 Å². The molecule has 3 aromatic carbocycles. The van der Waals surface area contributed by atoms with Crippen molar-refractivity contribution in [3.8, 4) is 11.1 Å². The summed E-state index contributed by atoms with van der Waals surface area (Å²) in [5, 5.41) is 22.4. The number of nitrogens with zero attached hydrogens (tertiary/aromatic N) is 3. The van der Waals surface area contributed by atoms with Gasteiger partial charge in [0.2, 0.25) is 0 Å². The Morgan fingerprint density at radius 3 is 2.37 bits per heavy atom. The summed E-state index contributed by atoms with van der Waals surface area (Å²) in [6.45, 7) is 1.76. The molecule has 0 bridgehead atoms. The molecule has 1 aromatic heterocycles. The number of anilines is 1. The number of hydrogen-bond acceptors (Lipinski definition) is 7. The highest BCUT2D eigenvalue weighted by Crippen LogP contribution is 2.31. The summed E-state index contributed by atoms with van der Waals surface area (Å²) in [7, 11) is -1.79. The number of rotatable bonds is 11. The van der Waals surface area contributed by atoms with Crippen molar-refractivity contribution in [3.63, 3.8) is 0 Å². The summed E-state index contributed by atoms with van der Waals surface area (Å²) in [4.78, 5) is 41.6. The molecule has 1 unspecified atom stereocenters. The van der Waals surface area contributed by atoms with Crippen LogP contribution in [-0.4, -0.2) is 54.6 Å². The number of carboxylic acid groups (broad SMARTS) is 1. The smallest absolute Gasteiger partial charge is 0.322 e. The number of non-ortho nitro benzene ring substituents is 1. The summed E-state index contributed by atoms with van der Waals surface area (Å²) in [6, 6.07) is 19.3. The summed E-state index contributed by atoms with van der Waals surface area (Å²) >= 11 is 1.86. The number of amides is 1. The van der Waals surface area contributed by atoms with Gasteiger partial charge in [0.1, 0.15) is 6.54 Å². The second kappa shape index (κ2) is 15.3. The molecule has 0 spiro atoms. The van der Waals surface area contributed by atoms with Crippen LogP contribution in [0.2, 0.25) is 0 Å². The first-order valence-corrected chi connectivity index (χ1v) is 14.8. The Morgan fingerprint density at radius 2 is 1.80 bits per heavy atom. The van der Waals surface area contributed by atoms with Crippen molar-refractivity contribution in [2.75, 3.05) is 22.9 Å². The van der Waals surface area contributed by atoms with Gasteiger partial charge >= 0.3 is 5.97 Å². The van der Waals surface area contributed by atoms with Crippen LogP contribution in [-0.2, 0) is 22.3 Å². The van der Waals surface area contributed by atoms with Crippen molar-refractivity contribution in [1.82, 2.24) is 15.3 Å². The number of carboxylic acids is 1. The second-order valence-corrected chi connectivity index (χ2v) is 10.9. The van der Waals surface area contributed by atoms with Gasteiger partial charge in [-0.1, -0.05) is 37.3 Å². The van der Waals surface area contributed by atoms with Crippen LogP contribution in [0.3, 0.4) is 0 Å². The van der Waals surface area contributed by atoms with E-state index in [1.54, 1.807) is 53.0 Å². The van der Waals surface area contributed by atoms with E-state index in [9.17, 15) is 23.9 Å². The fourth-order valence-electron chi connectivity index (χ4n) is 3.58. The van der Waals surface area contributed by atoms with Crippen LogP contribution >= 0.6 is 11.8 Å². The van der Waals surface area contributed by atoms with E-state index in [2.05, 4.69) is 28.5 Å². The summed E-state index contributed by atoms with van der Waals surface area (Å²) in [5.41, 5.74) is 2.51. The number of carbonyl (C=O) groups is 2. The second-order valence-electron chi connectivity index (χ2n) is 8.36. The van der Waals surface area contributed by atoms with Crippen LogP contribution in [0, 0.1) is 10.1 Å². The maximum atomic E-state index is 13.7. The number of hydrogen-bond donors (Lipinski definition) is 3. The molecule has 0 aliphatic carbocycles. The number of carbonyl (C=O) groups excluding carboxylic acids is 1. The van der Waals surface area contributed by atoms with Crippen LogP contribution in [0.25, 0.3) is 11.1 Å². The Bertz CT molecular complexity index is 1480. The minimum atomic E-state index is -1.79. The molecule has 41 heavy (non-hydrogen) atoms. The molecule has 1 atom stereocenters. The first kappa shape index (κ1) is 31.0. The lowest BCUT2D eigenvalue weighted by Crippen LogP contribution is -2.30. The Balaban J connectivity index is 0.00000108. The van der Waals surface area contributed by atoms with Gasteiger partial charge in [-0.05, 0) is 53.5 Å². The minimum Gasteiger partial charge on any atom is -0.480 e. The molecule has 0 aliphatic heterocycles. The maximum Gasteiger partial charge on any atom is 0.322 e. The van der Waals surface area contributed by atoms with Gasteiger partial charge in [-0.15, -0.1) is 0 Å². The Morgan fingerprint density at radius 1 is 1.12 bits per heavy atom. The van der Waals surface area contributed by atoms with Crippen LogP contribution < -0.4 is 9.62 Å². The van der Waals surface area contributed by atoms with Gasteiger partial charge in [0.15, 0.2) is 11.0 Å². The van der Waals surface area contributed by atoms with Crippen molar-refractivity contribution in [1.29, 1.82) is 0 Å². The Labute approximate surface area is 243 Å². The number of thioether (sulfide) groups is 1. The molecule has 1 amide bonds. The Hall–Kier alpha value is -4.49. The molecule has 0 saturated carbocycles. The van der Waals surface area contributed by atoms with Crippen LogP contribution in [0.15, 0.2) is 90.2 Å². The van der Waals surface area contributed by atoms with Gasteiger partial charge < -0.3 is 15.4 Å². The molecular formula is C28H29N5O6S2. The van der Waals surface area contributed by atoms with E-state index >= 15 is 0 Å². The number of nitro benzene ring substituents is 1. The zero-order valence-electron chi connectivity index (χ0n) is 22.4. The van der Waals surface area contributed by atoms with E-state index < -0.39 is 34.3 Å². The van der Waals surface area contributed by atoms with E-state index in [0.29, 0.717) is 27.4 Å². The predicted octanol–water partition coefficient (Wildman–Crippen LogP) is 4.90. The lowest BCUT2D eigenvalue weighted by atomic mass is 9.98. The predicted molar refractivity (Wildman–Crippen MR) is 160 cm³/mol. The summed E-state index contributed by atoms with van der Waals surface area (Å²) in [5.74, 6) is -0.500. The number of nitro groups is 1. The van der Waals surface area contributed by atoms with Crippen molar-refractivity contribution in [2.24, 2.45) is 0 Å². The molecule has 0 saturated heterocycles. The van der Waals surface area contributed by atoms with Gasteiger partial charge in [0.25, 0.3) is 11.6 Å². The first-order chi connectivity index (χ1) is 19.7. The van der Waals surface area contributed by atoms with E-state index in [1.807, 2.05) is 17.8 Å². The topological polar surface area (TPSA) is 159 Å². The average molecular weight is 596 g/mol. The molecule has 3 N–H and O–H groups in total. The number of nitrogens with one attached hydrogen (secondary N) is 2. The number of benzene rings is 3.